The summed E-state index contributed by atoms with van der Waals surface area (Å²) in [6.45, 7) is 2.55. The molecule has 0 bridgehead atoms. The molecule has 70 valence electrons. The highest BCUT2D eigenvalue weighted by Crippen LogP contribution is 2.42. The van der Waals surface area contributed by atoms with Gasteiger partial charge in [0.15, 0.2) is 10.0 Å². The number of hydrogen-bond donors (Lipinski definition) is 1. The van der Waals surface area contributed by atoms with E-state index in [1.165, 1.54) is 10.8 Å². The highest BCUT2D eigenvalue weighted by molar-refractivity contribution is 8.70. The first kappa shape index (κ1) is 8.90. The third kappa shape index (κ3) is 1.66. The highest BCUT2D eigenvalue weighted by Gasteiger charge is 2.20. The summed E-state index contributed by atoms with van der Waals surface area (Å²) >= 11 is 0. The van der Waals surface area contributed by atoms with Gasteiger partial charge in [-0.25, -0.2) is 4.21 Å². The predicted octanol–water partition coefficient (Wildman–Crippen LogP) is 2.18. The number of nitrogens with one attached hydrogen (secondary N) is 1. The van der Waals surface area contributed by atoms with Crippen LogP contribution in [0.4, 0.5) is 5.69 Å². The molecule has 0 spiro atoms. The van der Waals surface area contributed by atoms with Gasteiger partial charge in [0.05, 0.1) is 11.5 Å². The van der Waals surface area contributed by atoms with Crippen LogP contribution in [0.5, 0.6) is 5.75 Å². The van der Waals surface area contributed by atoms with Gasteiger partial charge in [-0.15, -0.1) is 0 Å². The molecule has 1 aromatic carbocycles. The first-order valence-corrected chi connectivity index (χ1v) is 6.42. The van der Waals surface area contributed by atoms with Crippen LogP contribution < -0.4 is 9.46 Å². The van der Waals surface area contributed by atoms with Crippen molar-refractivity contribution >= 4 is 26.5 Å². The average molecular weight is 215 g/mol. The summed E-state index contributed by atoms with van der Waals surface area (Å²) in [6, 6.07) is 5.71. The quantitative estimate of drug-likeness (QED) is 0.768. The summed E-state index contributed by atoms with van der Waals surface area (Å²) in [5.74, 6) is 0.776. The number of para-hydroxylation sites is 1. The van der Waals surface area contributed by atoms with Crippen molar-refractivity contribution in [2.45, 2.75) is 11.8 Å². The molecule has 0 radical (unpaired) electrons. The van der Waals surface area contributed by atoms with Crippen molar-refractivity contribution < 1.29 is 8.95 Å². The minimum atomic E-state index is -1.05. The SMILES string of the molecule is CCOc1cccc2c1N[S@@](=O)S2. The molecule has 1 aliphatic rings. The second-order valence-electron chi connectivity index (χ2n) is 2.48. The average Bonchev–Trinajstić information content (AvgIpc) is 2.47. The lowest BCUT2D eigenvalue weighted by atomic mass is 10.3. The van der Waals surface area contributed by atoms with E-state index in [2.05, 4.69) is 4.72 Å². The molecule has 1 aromatic rings. The topological polar surface area (TPSA) is 38.3 Å². The monoisotopic (exact) mass is 215 g/mol. The lowest BCUT2D eigenvalue weighted by Crippen LogP contribution is -1.97. The van der Waals surface area contributed by atoms with Crippen molar-refractivity contribution in [3.8, 4) is 5.75 Å². The highest BCUT2D eigenvalue weighted by atomic mass is 33.1. The molecular formula is C8H9NO2S2. The van der Waals surface area contributed by atoms with E-state index in [4.69, 9.17) is 4.74 Å². The summed E-state index contributed by atoms with van der Waals surface area (Å²) in [7, 11) is 0.266. The fourth-order valence-corrected chi connectivity index (χ4v) is 3.44. The van der Waals surface area contributed by atoms with Gasteiger partial charge >= 0.3 is 0 Å². The fraction of sp³-hybridized carbons (Fsp3) is 0.250. The smallest absolute Gasteiger partial charge is 0.184 e. The molecule has 0 amide bonds. The zero-order valence-corrected chi connectivity index (χ0v) is 8.71. The van der Waals surface area contributed by atoms with E-state index < -0.39 is 10.0 Å². The Hall–Kier alpha value is -0.680. The van der Waals surface area contributed by atoms with Crippen LogP contribution >= 0.6 is 10.8 Å². The molecule has 0 aromatic heterocycles. The van der Waals surface area contributed by atoms with Crippen LogP contribution in [0.1, 0.15) is 6.92 Å². The fourth-order valence-electron chi connectivity index (χ4n) is 1.14. The zero-order chi connectivity index (χ0) is 9.26. The second kappa shape index (κ2) is 3.59. The van der Waals surface area contributed by atoms with Crippen LogP contribution in [0.2, 0.25) is 0 Å². The maximum atomic E-state index is 11.2. The number of benzene rings is 1. The van der Waals surface area contributed by atoms with Crippen molar-refractivity contribution in [3.63, 3.8) is 0 Å². The van der Waals surface area contributed by atoms with E-state index in [-0.39, 0.29) is 0 Å². The second-order valence-corrected chi connectivity index (χ2v) is 5.17. The van der Waals surface area contributed by atoms with Gasteiger partial charge in [-0.2, -0.15) is 0 Å². The Morgan fingerprint density at radius 3 is 3.23 bits per heavy atom. The Labute approximate surface area is 82.9 Å². The van der Waals surface area contributed by atoms with E-state index in [1.54, 1.807) is 0 Å². The third-order valence-electron chi connectivity index (χ3n) is 1.64. The molecule has 0 aliphatic carbocycles. The summed E-state index contributed by atoms with van der Waals surface area (Å²) in [5, 5.41) is 0. The normalized spacial score (nSPS) is 19.3. The molecule has 0 saturated carbocycles. The van der Waals surface area contributed by atoms with Gasteiger partial charge in [-0.3, -0.25) is 4.72 Å². The molecule has 0 unspecified atom stereocenters. The third-order valence-corrected chi connectivity index (χ3v) is 3.92. The van der Waals surface area contributed by atoms with Gasteiger partial charge in [0.2, 0.25) is 0 Å². The van der Waals surface area contributed by atoms with Gasteiger partial charge in [-0.1, -0.05) is 6.07 Å². The van der Waals surface area contributed by atoms with E-state index in [0.717, 1.165) is 16.3 Å². The van der Waals surface area contributed by atoms with Gasteiger partial charge < -0.3 is 4.74 Å². The number of rotatable bonds is 2. The molecule has 1 aliphatic heterocycles. The Morgan fingerprint density at radius 2 is 2.46 bits per heavy atom. The molecule has 5 heteroatoms. The van der Waals surface area contributed by atoms with E-state index in [1.807, 2.05) is 25.1 Å². The largest absolute Gasteiger partial charge is 0.492 e. The first-order valence-electron chi connectivity index (χ1n) is 3.94. The summed E-state index contributed by atoms with van der Waals surface area (Å²) in [5.41, 5.74) is 0.854. The lowest BCUT2D eigenvalue weighted by molar-refractivity contribution is 0.341. The van der Waals surface area contributed by atoms with Crippen molar-refractivity contribution in [1.82, 2.24) is 0 Å². The summed E-state index contributed by atoms with van der Waals surface area (Å²) in [6.07, 6.45) is 0. The predicted molar refractivity (Wildman–Crippen MR) is 55.2 cm³/mol. The number of ether oxygens (including phenoxy) is 1. The van der Waals surface area contributed by atoms with Gasteiger partial charge in [-0.05, 0) is 29.9 Å². The molecule has 1 N–H and O–H groups in total. The zero-order valence-electron chi connectivity index (χ0n) is 7.07. The molecular weight excluding hydrogens is 206 g/mol. The molecule has 3 nitrogen and oxygen atoms in total. The van der Waals surface area contributed by atoms with Gasteiger partial charge in [0.25, 0.3) is 0 Å². The van der Waals surface area contributed by atoms with E-state index in [0.29, 0.717) is 6.61 Å². The van der Waals surface area contributed by atoms with Crippen LogP contribution in [0, 0.1) is 0 Å². The van der Waals surface area contributed by atoms with Crippen LogP contribution in [0.15, 0.2) is 23.1 Å². The Balaban J connectivity index is 2.39. The van der Waals surface area contributed by atoms with Crippen molar-refractivity contribution in [2.24, 2.45) is 0 Å². The Kier molecular flexibility index (Phi) is 2.46. The maximum Gasteiger partial charge on any atom is 0.184 e. The van der Waals surface area contributed by atoms with Crippen LogP contribution in [-0.4, -0.2) is 10.8 Å². The molecule has 0 fully saturated rings. The minimum absolute atomic E-state index is 0.620. The standard InChI is InChI=1S/C8H9NO2S2/c1-2-11-6-4-3-5-7-8(6)9-13(10)12-7/h3-5,9H,2H2,1H3/t13-/m0/s1. The maximum absolute atomic E-state index is 11.2. The van der Waals surface area contributed by atoms with Gasteiger partial charge in [0.1, 0.15) is 11.4 Å². The minimum Gasteiger partial charge on any atom is -0.492 e. The van der Waals surface area contributed by atoms with Gasteiger partial charge in [0, 0.05) is 0 Å². The van der Waals surface area contributed by atoms with Crippen LogP contribution in [-0.2, 0) is 10.0 Å². The molecule has 0 saturated heterocycles. The number of anilines is 1. The number of fused-ring (bicyclic) bond motifs is 1. The summed E-state index contributed by atoms with van der Waals surface area (Å²) < 4.78 is 19.4. The first-order chi connectivity index (χ1) is 6.31. The van der Waals surface area contributed by atoms with Crippen LogP contribution in [0.3, 0.4) is 0 Å². The molecule has 2 rings (SSSR count). The van der Waals surface area contributed by atoms with E-state index >= 15 is 0 Å². The van der Waals surface area contributed by atoms with Crippen molar-refractivity contribution in [1.29, 1.82) is 0 Å². The number of hydrogen-bond acceptors (Lipinski definition) is 3. The molecule has 1 heterocycles. The lowest BCUT2D eigenvalue weighted by Gasteiger charge is -2.06. The Bertz CT molecular complexity index is 354. The van der Waals surface area contributed by atoms with Crippen molar-refractivity contribution in [3.05, 3.63) is 18.2 Å². The molecule has 13 heavy (non-hydrogen) atoms. The van der Waals surface area contributed by atoms with Crippen LogP contribution in [0.25, 0.3) is 0 Å². The Morgan fingerprint density at radius 1 is 1.62 bits per heavy atom. The van der Waals surface area contributed by atoms with Crippen molar-refractivity contribution in [2.75, 3.05) is 11.3 Å². The summed E-state index contributed by atoms with van der Waals surface area (Å²) in [4.78, 5) is 0.990. The van der Waals surface area contributed by atoms with E-state index in [9.17, 15) is 4.21 Å². The molecule has 1 atom stereocenters.